The van der Waals surface area contributed by atoms with Crippen LogP contribution in [0.1, 0.15) is 45.6 Å². The van der Waals surface area contributed by atoms with E-state index >= 15 is 0 Å². The molecule has 0 amide bonds. The van der Waals surface area contributed by atoms with E-state index in [-0.39, 0.29) is 17.7 Å². The summed E-state index contributed by atoms with van der Waals surface area (Å²) in [7, 11) is -3.37. The summed E-state index contributed by atoms with van der Waals surface area (Å²) in [6, 6.07) is 7.55. The molecule has 7 heteroatoms. The van der Waals surface area contributed by atoms with Crippen LogP contribution in [0.3, 0.4) is 0 Å². The molecule has 0 spiro atoms. The molecule has 0 aliphatic heterocycles. The Morgan fingerprint density at radius 1 is 1.25 bits per heavy atom. The average molecular weight is 348 g/mol. The molecule has 1 saturated carbocycles. The Hall–Kier alpha value is -1.89. The molecule has 0 saturated heterocycles. The molecule has 130 valence electrons. The van der Waals surface area contributed by atoms with Crippen molar-refractivity contribution in [3.8, 4) is 11.4 Å². The molecule has 1 aliphatic rings. The van der Waals surface area contributed by atoms with Crippen LogP contribution in [0.4, 0.5) is 5.69 Å². The zero-order valence-corrected chi connectivity index (χ0v) is 15.0. The number of para-hydroxylation sites is 1. The highest BCUT2D eigenvalue weighted by Gasteiger charge is 2.24. The third-order valence-corrected chi connectivity index (χ3v) is 5.93. The first kappa shape index (κ1) is 17.0. The van der Waals surface area contributed by atoms with Crippen molar-refractivity contribution in [2.45, 2.75) is 45.6 Å². The van der Waals surface area contributed by atoms with Gasteiger partial charge in [0, 0.05) is 11.6 Å². The number of hydrogen-bond donors (Lipinski definition) is 1. The van der Waals surface area contributed by atoms with Crippen molar-refractivity contribution < 1.29 is 8.42 Å². The van der Waals surface area contributed by atoms with E-state index < -0.39 is 10.0 Å². The minimum atomic E-state index is -3.37. The highest BCUT2D eigenvalue weighted by Crippen LogP contribution is 2.30. The summed E-state index contributed by atoms with van der Waals surface area (Å²) in [6.45, 7) is 4.08. The summed E-state index contributed by atoms with van der Waals surface area (Å²) < 4.78 is 29.8. The van der Waals surface area contributed by atoms with Gasteiger partial charge in [-0.3, -0.25) is 4.72 Å². The molecule has 0 atom stereocenters. The maximum atomic E-state index is 12.5. The topological polar surface area (TPSA) is 76.9 Å². The summed E-state index contributed by atoms with van der Waals surface area (Å²) in [6.07, 6.45) is 5.95. The van der Waals surface area contributed by atoms with E-state index in [1.165, 1.54) is 0 Å². The normalized spacial score (nSPS) is 16.0. The van der Waals surface area contributed by atoms with E-state index in [0.29, 0.717) is 11.5 Å². The lowest BCUT2D eigenvalue weighted by molar-refractivity contribution is 0.563. The lowest BCUT2D eigenvalue weighted by atomic mass is 10.1. The number of sulfonamides is 1. The zero-order valence-electron chi connectivity index (χ0n) is 14.1. The fourth-order valence-corrected chi connectivity index (χ4v) is 4.83. The zero-order chi connectivity index (χ0) is 17.2. The van der Waals surface area contributed by atoms with Crippen LogP contribution in [0.5, 0.6) is 0 Å². The maximum Gasteiger partial charge on any atom is 0.233 e. The molecule has 1 aliphatic carbocycles. The number of benzene rings is 1. The van der Waals surface area contributed by atoms with Crippen LogP contribution < -0.4 is 4.72 Å². The van der Waals surface area contributed by atoms with Crippen LogP contribution in [-0.4, -0.2) is 28.9 Å². The van der Waals surface area contributed by atoms with E-state index in [2.05, 4.69) is 14.9 Å². The Morgan fingerprint density at radius 3 is 2.67 bits per heavy atom. The number of anilines is 1. The summed E-state index contributed by atoms with van der Waals surface area (Å²) in [5.41, 5.74) is 1.31. The summed E-state index contributed by atoms with van der Waals surface area (Å²) in [5, 5.41) is 8.16. The monoisotopic (exact) mass is 348 g/mol. The van der Waals surface area contributed by atoms with E-state index in [1.54, 1.807) is 12.4 Å². The third-order valence-electron chi connectivity index (χ3n) is 4.49. The highest BCUT2D eigenvalue weighted by atomic mass is 32.2. The second-order valence-corrected chi connectivity index (χ2v) is 8.50. The average Bonchev–Trinajstić information content (AvgIpc) is 3.18. The number of nitrogens with one attached hydrogen (secondary N) is 1. The lowest BCUT2D eigenvalue weighted by Gasteiger charge is -2.16. The van der Waals surface area contributed by atoms with Gasteiger partial charge in [0.1, 0.15) is 6.33 Å². The molecule has 0 radical (unpaired) electrons. The second kappa shape index (κ2) is 6.93. The summed E-state index contributed by atoms with van der Waals surface area (Å²) in [5.74, 6) is 1.14. The van der Waals surface area contributed by atoms with E-state index in [0.717, 1.165) is 31.2 Å². The van der Waals surface area contributed by atoms with Gasteiger partial charge in [-0.05, 0) is 44.7 Å². The molecule has 1 fully saturated rings. The van der Waals surface area contributed by atoms with Gasteiger partial charge in [-0.2, -0.15) is 0 Å². The van der Waals surface area contributed by atoms with Gasteiger partial charge in [-0.1, -0.05) is 25.0 Å². The van der Waals surface area contributed by atoms with Crippen LogP contribution in [-0.2, 0) is 10.0 Å². The van der Waals surface area contributed by atoms with Crippen molar-refractivity contribution >= 4 is 15.7 Å². The van der Waals surface area contributed by atoms with Crippen LogP contribution in [0.2, 0.25) is 0 Å². The Kier molecular flexibility index (Phi) is 4.89. The lowest BCUT2D eigenvalue weighted by Crippen LogP contribution is -2.22. The van der Waals surface area contributed by atoms with Gasteiger partial charge in [-0.25, -0.2) is 8.42 Å². The molecule has 24 heavy (non-hydrogen) atoms. The van der Waals surface area contributed by atoms with Gasteiger partial charge in [0.15, 0.2) is 5.82 Å². The molecule has 1 heterocycles. The number of hydrogen-bond acceptors (Lipinski definition) is 4. The van der Waals surface area contributed by atoms with Gasteiger partial charge in [0.25, 0.3) is 0 Å². The van der Waals surface area contributed by atoms with Gasteiger partial charge in [0.2, 0.25) is 10.0 Å². The van der Waals surface area contributed by atoms with Crippen LogP contribution >= 0.6 is 0 Å². The fourth-order valence-electron chi connectivity index (χ4n) is 3.28. The molecule has 2 aromatic rings. The third kappa shape index (κ3) is 3.77. The summed E-state index contributed by atoms with van der Waals surface area (Å²) >= 11 is 0. The quantitative estimate of drug-likeness (QED) is 0.867. The maximum absolute atomic E-state index is 12.5. The Labute approximate surface area is 143 Å². The van der Waals surface area contributed by atoms with Crippen molar-refractivity contribution in [3.05, 3.63) is 30.6 Å². The van der Waals surface area contributed by atoms with Gasteiger partial charge in [0.05, 0.1) is 11.4 Å². The molecule has 3 rings (SSSR count). The van der Waals surface area contributed by atoms with E-state index in [9.17, 15) is 8.42 Å². The first-order valence-corrected chi connectivity index (χ1v) is 10.1. The summed E-state index contributed by atoms with van der Waals surface area (Å²) in [4.78, 5) is 0. The standard InChI is InChI=1S/C17H24N4O2S/c1-13(2)21-12-18-19-17(21)15-9-5-6-10-16(15)20-24(22,23)11-14-7-3-4-8-14/h5-6,9-10,12-14,20H,3-4,7-8,11H2,1-2H3. The van der Waals surface area contributed by atoms with Crippen molar-refractivity contribution in [2.24, 2.45) is 5.92 Å². The Balaban J connectivity index is 1.88. The van der Waals surface area contributed by atoms with Crippen LogP contribution in [0, 0.1) is 5.92 Å². The fraction of sp³-hybridized carbons (Fsp3) is 0.529. The minimum absolute atomic E-state index is 0.193. The first-order valence-electron chi connectivity index (χ1n) is 8.45. The van der Waals surface area contributed by atoms with Crippen molar-refractivity contribution in [1.29, 1.82) is 0 Å². The van der Waals surface area contributed by atoms with E-state index in [4.69, 9.17) is 0 Å². The van der Waals surface area contributed by atoms with Crippen molar-refractivity contribution in [1.82, 2.24) is 14.8 Å². The number of rotatable bonds is 6. The SMILES string of the molecule is CC(C)n1cnnc1-c1ccccc1NS(=O)(=O)CC1CCCC1. The smallest absolute Gasteiger partial charge is 0.233 e. The predicted molar refractivity (Wildman–Crippen MR) is 95.2 cm³/mol. The molecule has 6 nitrogen and oxygen atoms in total. The van der Waals surface area contributed by atoms with Crippen molar-refractivity contribution in [2.75, 3.05) is 10.5 Å². The molecule has 1 aromatic heterocycles. The largest absolute Gasteiger partial charge is 0.311 e. The van der Waals surface area contributed by atoms with Crippen LogP contribution in [0.25, 0.3) is 11.4 Å². The van der Waals surface area contributed by atoms with Gasteiger partial charge < -0.3 is 4.57 Å². The second-order valence-electron chi connectivity index (χ2n) is 6.74. The van der Waals surface area contributed by atoms with Gasteiger partial charge >= 0.3 is 0 Å². The molecule has 0 bridgehead atoms. The molecule has 0 unspecified atom stereocenters. The molecule has 1 N–H and O–H groups in total. The first-order chi connectivity index (χ1) is 11.5. The van der Waals surface area contributed by atoms with Crippen molar-refractivity contribution in [3.63, 3.8) is 0 Å². The Morgan fingerprint density at radius 2 is 1.96 bits per heavy atom. The molecule has 1 aromatic carbocycles. The van der Waals surface area contributed by atoms with Crippen LogP contribution in [0.15, 0.2) is 30.6 Å². The predicted octanol–water partition coefficient (Wildman–Crippen LogP) is 3.46. The minimum Gasteiger partial charge on any atom is -0.311 e. The Bertz CT molecular complexity index is 792. The number of nitrogens with zero attached hydrogens (tertiary/aromatic N) is 3. The number of aromatic nitrogens is 3. The highest BCUT2D eigenvalue weighted by molar-refractivity contribution is 7.92. The molecular formula is C17H24N4O2S. The molecular weight excluding hydrogens is 324 g/mol. The van der Waals surface area contributed by atoms with E-state index in [1.807, 2.05) is 36.6 Å². The van der Waals surface area contributed by atoms with Gasteiger partial charge in [-0.15, -0.1) is 10.2 Å².